The summed E-state index contributed by atoms with van der Waals surface area (Å²) >= 11 is 0. The molecule has 0 fully saturated rings. The van der Waals surface area contributed by atoms with E-state index in [1.165, 1.54) is 0 Å². The van der Waals surface area contributed by atoms with E-state index in [1.54, 1.807) is 6.92 Å². The van der Waals surface area contributed by atoms with Crippen LogP contribution in [0.25, 0.3) is 0 Å². The highest BCUT2D eigenvalue weighted by molar-refractivity contribution is 5.77. The number of aryl methyl sites for hydroxylation is 3. The third-order valence-corrected chi connectivity index (χ3v) is 3.12. The maximum Gasteiger partial charge on any atom is 0.303 e. The highest BCUT2D eigenvalue weighted by Crippen LogP contribution is 2.24. The molecule has 5 nitrogen and oxygen atoms in total. The fourth-order valence-electron chi connectivity index (χ4n) is 2.24. The number of hydrogen-bond acceptors (Lipinski definition) is 3. The molecule has 1 rings (SSSR count). The molecule has 1 atom stereocenters. The monoisotopic (exact) mass is 293 g/mol. The molecular weight excluding hydrogens is 270 g/mol. The van der Waals surface area contributed by atoms with Crippen LogP contribution in [0.3, 0.4) is 0 Å². The zero-order valence-electron chi connectivity index (χ0n) is 13.0. The first kappa shape index (κ1) is 17.0. The van der Waals surface area contributed by atoms with Crippen LogP contribution < -0.4 is 10.1 Å². The van der Waals surface area contributed by atoms with E-state index in [2.05, 4.69) is 5.32 Å². The fraction of sp³-hybridized carbons (Fsp3) is 0.500. The Bertz CT molecular complexity index is 502. The lowest BCUT2D eigenvalue weighted by molar-refractivity contribution is -0.138. The van der Waals surface area contributed by atoms with Gasteiger partial charge in [0, 0.05) is 13.0 Å². The van der Waals surface area contributed by atoms with E-state index in [1.807, 2.05) is 32.9 Å². The maximum atomic E-state index is 11.7. The van der Waals surface area contributed by atoms with E-state index in [4.69, 9.17) is 9.84 Å². The van der Waals surface area contributed by atoms with Gasteiger partial charge in [-0.05, 0) is 37.8 Å². The van der Waals surface area contributed by atoms with Gasteiger partial charge in [0.15, 0.2) is 6.61 Å². The fourth-order valence-corrected chi connectivity index (χ4v) is 2.24. The van der Waals surface area contributed by atoms with Gasteiger partial charge in [-0.2, -0.15) is 0 Å². The van der Waals surface area contributed by atoms with Gasteiger partial charge in [0.1, 0.15) is 5.75 Å². The number of ether oxygens (including phenoxy) is 1. The van der Waals surface area contributed by atoms with Crippen LogP contribution in [0.1, 0.15) is 30.0 Å². The van der Waals surface area contributed by atoms with Gasteiger partial charge in [-0.15, -0.1) is 0 Å². The van der Waals surface area contributed by atoms with Crippen molar-refractivity contribution >= 4 is 11.9 Å². The predicted molar refractivity (Wildman–Crippen MR) is 80.6 cm³/mol. The van der Waals surface area contributed by atoms with Gasteiger partial charge in [-0.25, -0.2) is 0 Å². The van der Waals surface area contributed by atoms with Crippen molar-refractivity contribution in [3.8, 4) is 5.75 Å². The average Bonchev–Trinajstić information content (AvgIpc) is 2.34. The second kappa shape index (κ2) is 7.67. The molecule has 1 aromatic carbocycles. The number of aliphatic carboxylic acids is 1. The minimum atomic E-state index is -0.862. The molecule has 0 aliphatic heterocycles. The van der Waals surface area contributed by atoms with Gasteiger partial charge in [-0.1, -0.05) is 24.6 Å². The maximum absolute atomic E-state index is 11.7. The lowest BCUT2D eigenvalue weighted by Crippen LogP contribution is -2.33. The second-order valence-corrected chi connectivity index (χ2v) is 5.52. The Labute approximate surface area is 125 Å². The molecule has 0 saturated carbocycles. The van der Waals surface area contributed by atoms with Crippen molar-refractivity contribution in [1.29, 1.82) is 0 Å². The number of nitrogens with one attached hydrogen (secondary N) is 1. The van der Waals surface area contributed by atoms with E-state index in [9.17, 15) is 9.59 Å². The topological polar surface area (TPSA) is 75.6 Å². The largest absolute Gasteiger partial charge is 0.483 e. The average molecular weight is 293 g/mol. The molecular formula is C16H23NO4. The van der Waals surface area contributed by atoms with Crippen molar-refractivity contribution in [1.82, 2.24) is 5.32 Å². The van der Waals surface area contributed by atoms with Crippen molar-refractivity contribution in [3.63, 3.8) is 0 Å². The summed E-state index contributed by atoms with van der Waals surface area (Å²) in [5, 5.41) is 11.3. The summed E-state index contributed by atoms with van der Waals surface area (Å²) in [6.07, 6.45) is 0.0390. The molecule has 0 heterocycles. The number of carboxylic acid groups (broad SMARTS) is 1. The number of carbonyl (C=O) groups excluding carboxylic acids is 1. The van der Waals surface area contributed by atoms with Crippen molar-refractivity contribution < 1.29 is 19.4 Å². The van der Waals surface area contributed by atoms with Crippen molar-refractivity contribution in [3.05, 3.63) is 28.8 Å². The summed E-state index contributed by atoms with van der Waals surface area (Å²) in [5.41, 5.74) is 3.16. The molecule has 0 bridgehead atoms. The second-order valence-electron chi connectivity index (χ2n) is 5.52. The van der Waals surface area contributed by atoms with Crippen molar-refractivity contribution in [2.75, 3.05) is 13.2 Å². The summed E-state index contributed by atoms with van der Waals surface area (Å²) in [5.74, 6) is -0.478. The Hall–Kier alpha value is -2.04. The first-order chi connectivity index (χ1) is 9.79. The zero-order valence-corrected chi connectivity index (χ0v) is 13.0. The smallest absolute Gasteiger partial charge is 0.303 e. The Morgan fingerprint density at radius 2 is 1.81 bits per heavy atom. The lowest BCUT2D eigenvalue weighted by Gasteiger charge is -2.14. The predicted octanol–water partition coefficient (Wildman–Crippen LogP) is 2.22. The van der Waals surface area contributed by atoms with Crippen molar-refractivity contribution in [2.24, 2.45) is 5.92 Å². The Morgan fingerprint density at radius 3 is 2.33 bits per heavy atom. The van der Waals surface area contributed by atoms with Crippen LogP contribution in [0.5, 0.6) is 5.75 Å². The van der Waals surface area contributed by atoms with Crippen LogP contribution in [0.2, 0.25) is 0 Å². The molecule has 116 valence electrons. The van der Waals surface area contributed by atoms with Crippen LogP contribution in [0, 0.1) is 26.7 Å². The van der Waals surface area contributed by atoms with E-state index in [0.717, 1.165) is 22.4 Å². The molecule has 0 spiro atoms. The van der Waals surface area contributed by atoms with Gasteiger partial charge in [0.2, 0.25) is 0 Å². The number of hydrogen-bond donors (Lipinski definition) is 2. The highest BCUT2D eigenvalue weighted by atomic mass is 16.5. The number of benzene rings is 1. The zero-order chi connectivity index (χ0) is 16.0. The van der Waals surface area contributed by atoms with Crippen molar-refractivity contribution in [2.45, 2.75) is 34.1 Å². The summed E-state index contributed by atoms with van der Waals surface area (Å²) < 4.78 is 5.57. The third-order valence-electron chi connectivity index (χ3n) is 3.12. The molecule has 1 unspecified atom stereocenters. The quantitative estimate of drug-likeness (QED) is 0.808. The summed E-state index contributed by atoms with van der Waals surface area (Å²) in [7, 11) is 0. The first-order valence-corrected chi connectivity index (χ1v) is 6.98. The highest BCUT2D eigenvalue weighted by Gasteiger charge is 2.11. The molecule has 0 aromatic heterocycles. The molecule has 5 heteroatoms. The number of amides is 1. The Morgan fingerprint density at radius 1 is 1.24 bits per heavy atom. The van der Waals surface area contributed by atoms with E-state index in [0.29, 0.717) is 6.54 Å². The van der Waals surface area contributed by atoms with Crippen LogP contribution in [-0.2, 0) is 9.59 Å². The SMILES string of the molecule is Cc1cc(C)c(OCC(=O)NCC(C)CC(=O)O)c(C)c1. The molecule has 0 radical (unpaired) electrons. The third kappa shape index (κ3) is 5.85. The van der Waals surface area contributed by atoms with Gasteiger partial charge in [-0.3, -0.25) is 9.59 Å². The summed E-state index contributed by atoms with van der Waals surface area (Å²) in [4.78, 5) is 22.2. The Kier molecular flexibility index (Phi) is 6.21. The van der Waals surface area contributed by atoms with Gasteiger partial charge in [0.05, 0.1) is 0 Å². The van der Waals surface area contributed by atoms with E-state index >= 15 is 0 Å². The summed E-state index contributed by atoms with van der Waals surface area (Å²) in [6, 6.07) is 4.02. The van der Waals surface area contributed by atoms with E-state index < -0.39 is 5.97 Å². The van der Waals surface area contributed by atoms with Crippen LogP contribution >= 0.6 is 0 Å². The Balaban J connectivity index is 2.45. The van der Waals surface area contributed by atoms with Gasteiger partial charge in [0.25, 0.3) is 5.91 Å². The molecule has 1 amide bonds. The number of rotatable bonds is 7. The summed E-state index contributed by atoms with van der Waals surface area (Å²) in [6.45, 7) is 7.96. The number of carbonyl (C=O) groups is 2. The molecule has 2 N–H and O–H groups in total. The van der Waals surface area contributed by atoms with Crippen LogP contribution in [0.4, 0.5) is 0 Å². The van der Waals surface area contributed by atoms with Gasteiger partial charge >= 0.3 is 5.97 Å². The molecule has 0 saturated heterocycles. The van der Waals surface area contributed by atoms with Gasteiger partial charge < -0.3 is 15.2 Å². The van der Waals surface area contributed by atoms with Crippen LogP contribution in [-0.4, -0.2) is 30.1 Å². The normalized spacial score (nSPS) is 11.8. The molecule has 1 aromatic rings. The minimum Gasteiger partial charge on any atom is -0.483 e. The first-order valence-electron chi connectivity index (χ1n) is 6.98. The molecule has 0 aliphatic carbocycles. The van der Waals surface area contributed by atoms with E-state index in [-0.39, 0.29) is 24.9 Å². The number of carboxylic acids is 1. The molecule has 0 aliphatic rings. The lowest BCUT2D eigenvalue weighted by atomic mass is 10.1. The minimum absolute atomic E-state index is 0.0390. The standard InChI is InChI=1S/C16H23NO4/c1-10-5-12(3)16(13(4)6-10)21-9-14(18)17-8-11(2)7-15(19)20/h5-6,11H,7-9H2,1-4H3,(H,17,18)(H,19,20). The van der Waals surface area contributed by atoms with Crippen LogP contribution in [0.15, 0.2) is 12.1 Å². The molecule has 21 heavy (non-hydrogen) atoms.